The summed E-state index contributed by atoms with van der Waals surface area (Å²) in [6, 6.07) is 14.3. The zero-order valence-corrected chi connectivity index (χ0v) is 14.5. The molecule has 6 heteroatoms. The molecule has 0 atom stereocenters. The van der Waals surface area contributed by atoms with E-state index in [-0.39, 0.29) is 22.4 Å². The van der Waals surface area contributed by atoms with Crippen LogP contribution in [0.3, 0.4) is 0 Å². The molecule has 26 heavy (non-hydrogen) atoms. The first-order valence-corrected chi connectivity index (χ1v) is 8.06. The molecule has 3 rings (SSSR count). The van der Waals surface area contributed by atoms with Crippen molar-refractivity contribution in [1.82, 2.24) is 4.57 Å². The van der Waals surface area contributed by atoms with Gasteiger partial charge < -0.3 is 5.11 Å². The van der Waals surface area contributed by atoms with Crippen molar-refractivity contribution in [3.8, 4) is 17.5 Å². The van der Waals surface area contributed by atoms with Crippen LogP contribution < -0.4 is 5.56 Å². The second kappa shape index (κ2) is 6.87. The van der Waals surface area contributed by atoms with E-state index in [1.54, 1.807) is 49.4 Å². The van der Waals surface area contributed by atoms with Crippen molar-refractivity contribution in [2.24, 2.45) is 0 Å². The van der Waals surface area contributed by atoms with Gasteiger partial charge in [0.05, 0.1) is 16.3 Å². The Morgan fingerprint density at radius 3 is 2.62 bits per heavy atom. The first-order chi connectivity index (χ1) is 12.4. The molecule has 2 aromatic carbocycles. The van der Waals surface area contributed by atoms with E-state index in [0.717, 1.165) is 5.56 Å². The molecule has 0 aliphatic carbocycles. The van der Waals surface area contributed by atoms with E-state index in [9.17, 15) is 20.0 Å². The number of phenolic OH excluding ortho intramolecular Hbond substituents is 1. The topological polar surface area (TPSA) is 83.1 Å². The van der Waals surface area contributed by atoms with Gasteiger partial charge in [-0.2, -0.15) is 5.26 Å². The van der Waals surface area contributed by atoms with Crippen LogP contribution in [0.2, 0.25) is 5.02 Å². The van der Waals surface area contributed by atoms with Gasteiger partial charge in [0.15, 0.2) is 5.78 Å². The smallest absolute Gasteiger partial charge is 0.273 e. The zero-order valence-electron chi connectivity index (χ0n) is 13.7. The van der Waals surface area contributed by atoms with Gasteiger partial charge in [0.2, 0.25) is 0 Å². The van der Waals surface area contributed by atoms with Crippen LogP contribution in [0.1, 0.15) is 27.0 Å². The molecule has 128 valence electrons. The number of nitriles is 1. The van der Waals surface area contributed by atoms with Crippen molar-refractivity contribution in [3.05, 3.63) is 92.4 Å². The van der Waals surface area contributed by atoms with Gasteiger partial charge >= 0.3 is 0 Å². The van der Waals surface area contributed by atoms with Crippen molar-refractivity contribution >= 4 is 17.4 Å². The number of phenols is 1. The molecule has 0 saturated heterocycles. The third-order valence-electron chi connectivity index (χ3n) is 3.91. The number of pyridine rings is 1. The van der Waals surface area contributed by atoms with E-state index >= 15 is 0 Å². The number of aromatic hydroxyl groups is 1. The molecule has 0 bridgehead atoms. The highest BCUT2D eigenvalue weighted by molar-refractivity contribution is 6.32. The molecule has 0 unspecified atom stereocenters. The lowest BCUT2D eigenvalue weighted by Gasteiger charge is -2.11. The summed E-state index contributed by atoms with van der Waals surface area (Å²) >= 11 is 6.15. The van der Waals surface area contributed by atoms with E-state index in [4.69, 9.17) is 11.6 Å². The molecule has 1 heterocycles. The Balaban J connectivity index is 2.24. The number of carbonyl (C=O) groups excluding carboxylic acids is 1. The maximum atomic E-state index is 12.8. The molecule has 3 aromatic rings. The highest BCUT2D eigenvalue weighted by atomic mass is 35.5. The number of hydrogen-bond acceptors (Lipinski definition) is 4. The second-order valence-corrected chi connectivity index (χ2v) is 6.14. The average Bonchev–Trinajstić information content (AvgIpc) is 2.64. The standard InChI is InChI=1S/C20H13ClN2O3/c1-12-6-7-18(24)15(8-12)19(25)14-9-13(10-22)20(26)23(11-14)17-5-3-2-4-16(17)21/h2-9,11,24H,1H3. The van der Waals surface area contributed by atoms with Gasteiger partial charge in [-0.3, -0.25) is 14.2 Å². The van der Waals surface area contributed by atoms with Gasteiger partial charge in [-0.1, -0.05) is 35.4 Å². The number of nitrogens with zero attached hydrogens (tertiary/aromatic N) is 2. The molecule has 5 nitrogen and oxygen atoms in total. The highest BCUT2D eigenvalue weighted by Gasteiger charge is 2.18. The molecule has 0 aliphatic heterocycles. The first kappa shape index (κ1) is 17.5. The molecule has 0 aliphatic rings. The van der Waals surface area contributed by atoms with Crippen molar-refractivity contribution in [3.63, 3.8) is 0 Å². The summed E-state index contributed by atoms with van der Waals surface area (Å²) in [6.07, 6.45) is 1.33. The van der Waals surface area contributed by atoms with Crippen molar-refractivity contribution in [2.45, 2.75) is 6.92 Å². The maximum Gasteiger partial charge on any atom is 0.273 e. The van der Waals surface area contributed by atoms with Gasteiger partial charge in [-0.15, -0.1) is 0 Å². The van der Waals surface area contributed by atoms with Crippen LogP contribution in [0, 0.1) is 18.3 Å². The second-order valence-electron chi connectivity index (χ2n) is 5.73. The molecule has 1 aromatic heterocycles. The number of carbonyl (C=O) groups is 1. The van der Waals surface area contributed by atoms with Crippen LogP contribution in [-0.2, 0) is 0 Å². The van der Waals surface area contributed by atoms with E-state index in [0.29, 0.717) is 10.7 Å². The summed E-state index contributed by atoms with van der Waals surface area (Å²) in [5.74, 6) is -0.668. The van der Waals surface area contributed by atoms with Crippen LogP contribution in [-0.4, -0.2) is 15.5 Å². The number of para-hydroxylation sites is 1. The van der Waals surface area contributed by atoms with Crippen LogP contribution in [0.15, 0.2) is 59.5 Å². The van der Waals surface area contributed by atoms with E-state index in [1.807, 2.05) is 0 Å². The molecule has 0 saturated carbocycles. The fraction of sp³-hybridized carbons (Fsp3) is 0.0500. The Hall–Kier alpha value is -3.36. The number of ketones is 1. The van der Waals surface area contributed by atoms with Gasteiger partial charge in [0, 0.05) is 11.8 Å². The lowest BCUT2D eigenvalue weighted by molar-refractivity contribution is 0.103. The minimum absolute atomic E-state index is 0.0956. The summed E-state index contributed by atoms with van der Waals surface area (Å²) in [5.41, 5.74) is 0.582. The van der Waals surface area contributed by atoms with Gasteiger partial charge in [-0.25, -0.2) is 0 Å². The molecule has 0 fully saturated rings. The first-order valence-electron chi connectivity index (χ1n) is 7.68. The molecular formula is C20H13ClN2O3. The van der Waals surface area contributed by atoms with E-state index in [1.165, 1.54) is 22.9 Å². The van der Waals surface area contributed by atoms with E-state index < -0.39 is 11.3 Å². The number of hydrogen-bond donors (Lipinski definition) is 1. The third kappa shape index (κ3) is 3.10. The van der Waals surface area contributed by atoms with Crippen molar-refractivity contribution in [1.29, 1.82) is 5.26 Å². The zero-order chi connectivity index (χ0) is 18.8. The Kier molecular flexibility index (Phi) is 4.61. The van der Waals surface area contributed by atoms with Crippen LogP contribution in [0.5, 0.6) is 5.75 Å². The highest BCUT2D eigenvalue weighted by Crippen LogP contribution is 2.23. The van der Waals surface area contributed by atoms with Crippen molar-refractivity contribution < 1.29 is 9.90 Å². The van der Waals surface area contributed by atoms with Gasteiger partial charge in [0.1, 0.15) is 17.4 Å². The quantitative estimate of drug-likeness (QED) is 0.719. The van der Waals surface area contributed by atoms with Gasteiger partial charge in [0.25, 0.3) is 5.56 Å². The predicted molar refractivity (Wildman–Crippen MR) is 98.0 cm³/mol. The van der Waals surface area contributed by atoms with Crippen LogP contribution in [0.4, 0.5) is 0 Å². The Morgan fingerprint density at radius 1 is 1.19 bits per heavy atom. The monoisotopic (exact) mass is 364 g/mol. The number of benzene rings is 2. The summed E-state index contributed by atoms with van der Waals surface area (Å²) in [5, 5.41) is 19.6. The van der Waals surface area contributed by atoms with Gasteiger partial charge in [-0.05, 0) is 37.3 Å². The predicted octanol–water partition coefficient (Wildman–Crippen LogP) is 3.61. The molecule has 0 radical (unpaired) electrons. The largest absolute Gasteiger partial charge is 0.507 e. The molecule has 0 spiro atoms. The Labute approximate surface area is 154 Å². The number of rotatable bonds is 3. The fourth-order valence-electron chi connectivity index (χ4n) is 2.60. The van der Waals surface area contributed by atoms with Crippen LogP contribution in [0.25, 0.3) is 5.69 Å². The SMILES string of the molecule is Cc1ccc(O)c(C(=O)c2cc(C#N)c(=O)n(-c3ccccc3Cl)c2)c1. The normalized spacial score (nSPS) is 10.3. The molecular weight excluding hydrogens is 352 g/mol. The summed E-state index contributed by atoms with van der Waals surface area (Å²) < 4.78 is 1.17. The number of halogens is 1. The Morgan fingerprint density at radius 2 is 1.92 bits per heavy atom. The minimum atomic E-state index is -0.578. The minimum Gasteiger partial charge on any atom is -0.507 e. The summed E-state index contributed by atoms with van der Waals surface area (Å²) in [4.78, 5) is 25.4. The van der Waals surface area contributed by atoms with Crippen molar-refractivity contribution in [2.75, 3.05) is 0 Å². The Bertz CT molecular complexity index is 1130. The fourth-order valence-corrected chi connectivity index (χ4v) is 2.83. The average molecular weight is 365 g/mol. The lowest BCUT2D eigenvalue weighted by Crippen LogP contribution is -2.23. The third-order valence-corrected chi connectivity index (χ3v) is 4.23. The maximum absolute atomic E-state index is 12.8. The number of aryl methyl sites for hydroxylation is 1. The summed E-state index contributed by atoms with van der Waals surface area (Å²) in [7, 11) is 0. The lowest BCUT2D eigenvalue weighted by atomic mass is 10.0. The molecule has 0 amide bonds. The number of aromatic nitrogens is 1. The summed E-state index contributed by atoms with van der Waals surface area (Å²) in [6.45, 7) is 1.79. The molecule has 1 N–H and O–H groups in total. The van der Waals surface area contributed by atoms with Crippen LogP contribution >= 0.6 is 11.6 Å². The van der Waals surface area contributed by atoms with E-state index in [2.05, 4.69) is 0 Å².